The van der Waals surface area contributed by atoms with Crippen LogP contribution in [0.3, 0.4) is 0 Å². The first-order chi connectivity index (χ1) is 10.9. The molecule has 0 fully saturated rings. The Bertz CT molecular complexity index is 814. The maximum Gasteiger partial charge on any atom is 0.335 e. The van der Waals surface area contributed by atoms with Crippen molar-refractivity contribution < 1.29 is 14.3 Å². The lowest BCUT2D eigenvalue weighted by Gasteiger charge is -2.38. The van der Waals surface area contributed by atoms with Gasteiger partial charge >= 0.3 is 5.97 Å². The van der Waals surface area contributed by atoms with E-state index < -0.39 is 14.3 Å². The van der Waals surface area contributed by atoms with E-state index in [9.17, 15) is 9.59 Å². The molecule has 0 aliphatic carbocycles. The Kier molecular flexibility index (Phi) is 4.78. The molecule has 6 nitrogen and oxygen atoms in total. The lowest BCUT2D eigenvalue weighted by molar-refractivity contribution is 0.0697. The molecule has 0 aliphatic rings. The van der Waals surface area contributed by atoms with Gasteiger partial charge in [-0.15, -0.1) is 0 Å². The van der Waals surface area contributed by atoms with Crippen molar-refractivity contribution in [1.82, 2.24) is 9.78 Å². The summed E-state index contributed by atoms with van der Waals surface area (Å²) >= 11 is 0. The molecule has 2 rings (SSSR count). The molecule has 0 saturated carbocycles. The second-order valence-electron chi connectivity index (χ2n) is 7.78. The third kappa shape index (κ3) is 3.62. The molecule has 1 aromatic heterocycles. The third-order valence-corrected chi connectivity index (χ3v) is 9.34. The number of nitrogens with zero attached hydrogens (tertiary/aromatic N) is 1. The molecule has 0 radical (unpaired) electrons. The molecule has 1 atom stereocenters. The maximum atomic E-state index is 12.4. The van der Waals surface area contributed by atoms with Crippen LogP contribution in [0.15, 0.2) is 23.0 Å². The van der Waals surface area contributed by atoms with Gasteiger partial charge in [-0.05, 0) is 43.3 Å². The number of hydrogen-bond acceptors (Lipinski definition) is 3. The molecule has 1 unspecified atom stereocenters. The molecule has 0 saturated heterocycles. The summed E-state index contributed by atoms with van der Waals surface area (Å²) in [7, 11) is -1.91. The topological polar surface area (TPSA) is 84.3 Å². The Balaban J connectivity index is 2.25. The summed E-state index contributed by atoms with van der Waals surface area (Å²) in [5.41, 5.74) is 0.522. The lowest BCUT2D eigenvalue weighted by Crippen LogP contribution is -2.44. The highest BCUT2D eigenvalue weighted by molar-refractivity contribution is 6.74. The van der Waals surface area contributed by atoms with E-state index in [0.717, 1.165) is 0 Å². The van der Waals surface area contributed by atoms with Crippen molar-refractivity contribution in [3.05, 3.63) is 34.1 Å². The summed E-state index contributed by atoms with van der Waals surface area (Å²) in [5.74, 6) is -1.01. The number of aromatic nitrogens is 2. The molecule has 0 bridgehead atoms. The monoisotopic (exact) mass is 350 g/mol. The van der Waals surface area contributed by atoms with Crippen LogP contribution in [0.4, 0.5) is 0 Å². The van der Waals surface area contributed by atoms with Crippen LogP contribution in [0.25, 0.3) is 10.9 Å². The largest absolute Gasteiger partial charge is 0.478 e. The number of aromatic amines is 1. The van der Waals surface area contributed by atoms with E-state index in [0.29, 0.717) is 17.4 Å². The maximum absolute atomic E-state index is 12.4. The molecule has 1 heterocycles. The van der Waals surface area contributed by atoms with Crippen LogP contribution in [0, 0.1) is 0 Å². The third-order valence-electron chi connectivity index (χ3n) is 4.74. The van der Waals surface area contributed by atoms with E-state index in [1.54, 1.807) is 6.07 Å². The number of rotatable bonds is 5. The van der Waals surface area contributed by atoms with E-state index in [1.165, 1.54) is 16.8 Å². The molecular formula is C17H26N2O4Si. The highest BCUT2D eigenvalue weighted by Crippen LogP contribution is 2.37. The van der Waals surface area contributed by atoms with Gasteiger partial charge in [-0.1, -0.05) is 20.8 Å². The van der Waals surface area contributed by atoms with Gasteiger partial charge in [0.15, 0.2) is 8.32 Å². The van der Waals surface area contributed by atoms with Crippen molar-refractivity contribution in [1.29, 1.82) is 0 Å². The fraction of sp³-hybridized carbons (Fsp3) is 0.529. The minimum absolute atomic E-state index is 0.100. The average molecular weight is 350 g/mol. The highest BCUT2D eigenvalue weighted by atomic mass is 28.4. The van der Waals surface area contributed by atoms with E-state index >= 15 is 0 Å². The van der Waals surface area contributed by atoms with Gasteiger partial charge < -0.3 is 9.53 Å². The number of hydrogen-bond donors (Lipinski definition) is 2. The average Bonchev–Trinajstić information content (AvgIpc) is 2.72. The van der Waals surface area contributed by atoms with Crippen molar-refractivity contribution >= 4 is 25.2 Å². The van der Waals surface area contributed by atoms with Crippen LogP contribution in [0.1, 0.15) is 38.1 Å². The van der Waals surface area contributed by atoms with Crippen LogP contribution in [0.2, 0.25) is 18.1 Å². The van der Waals surface area contributed by atoms with Crippen LogP contribution < -0.4 is 5.56 Å². The quantitative estimate of drug-likeness (QED) is 0.809. The van der Waals surface area contributed by atoms with E-state index in [4.69, 9.17) is 9.53 Å². The SMILES string of the molecule is CC(Cn1[nH]c2cc(C(=O)O)ccc2c1=O)O[Si](C)(C)C(C)(C)C. The van der Waals surface area contributed by atoms with Gasteiger partial charge in [0.05, 0.1) is 29.1 Å². The van der Waals surface area contributed by atoms with Crippen LogP contribution in [-0.2, 0) is 11.0 Å². The number of nitrogens with one attached hydrogen (secondary N) is 1. The van der Waals surface area contributed by atoms with Crippen LogP contribution in [-0.4, -0.2) is 35.3 Å². The summed E-state index contributed by atoms with van der Waals surface area (Å²) in [6.07, 6.45) is -0.115. The molecule has 1 aromatic carbocycles. The number of carboxylic acids is 1. The first-order valence-electron chi connectivity index (χ1n) is 8.06. The molecule has 0 amide bonds. The van der Waals surface area contributed by atoms with Gasteiger partial charge in [0.25, 0.3) is 5.56 Å². The fourth-order valence-corrected chi connectivity index (χ4v) is 3.83. The summed E-state index contributed by atoms with van der Waals surface area (Å²) in [6, 6.07) is 4.47. The number of carbonyl (C=O) groups is 1. The van der Waals surface area contributed by atoms with Gasteiger partial charge in [0.1, 0.15) is 0 Å². The second-order valence-corrected chi connectivity index (χ2v) is 12.5. The second kappa shape index (κ2) is 6.21. The van der Waals surface area contributed by atoms with Gasteiger partial charge in [-0.25, -0.2) is 9.48 Å². The Hall–Kier alpha value is -1.86. The summed E-state index contributed by atoms with van der Waals surface area (Å²) in [6.45, 7) is 13.2. The minimum Gasteiger partial charge on any atom is -0.478 e. The van der Waals surface area contributed by atoms with Crippen molar-refractivity contribution in [2.45, 2.75) is 58.5 Å². The number of carboxylic acid groups (broad SMARTS) is 1. The molecule has 0 aliphatic heterocycles. The van der Waals surface area contributed by atoms with E-state index in [1.807, 2.05) is 6.92 Å². The normalized spacial score (nSPS) is 14.1. The zero-order chi connectivity index (χ0) is 18.3. The number of H-pyrrole nitrogens is 1. The van der Waals surface area contributed by atoms with Gasteiger partial charge in [-0.3, -0.25) is 9.89 Å². The van der Waals surface area contributed by atoms with Crippen molar-refractivity contribution in [3.63, 3.8) is 0 Å². The van der Waals surface area contributed by atoms with Crippen LogP contribution in [0.5, 0.6) is 0 Å². The summed E-state index contributed by atoms with van der Waals surface area (Å²) < 4.78 is 7.78. The fourth-order valence-electron chi connectivity index (χ4n) is 2.40. The molecular weight excluding hydrogens is 324 g/mol. The van der Waals surface area contributed by atoms with E-state index in [-0.39, 0.29) is 22.3 Å². The highest BCUT2D eigenvalue weighted by Gasteiger charge is 2.38. The Labute approximate surface area is 142 Å². The minimum atomic E-state index is -1.91. The first kappa shape index (κ1) is 18.5. The number of fused-ring (bicyclic) bond motifs is 1. The zero-order valence-corrected chi connectivity index (χ0v) is 16.1. The van der Waals surface area contributed by atoms with Gasteiger partial charge in [0.2, 0.25) is 0 Å². The molecule has 2 N–H and O–H groups in total. The van der Waals surface area contributed by atoms with Crippen molar-refractivity contribution in [2.24, 2.45) is 0 Å². The molecule has 2 aromatic rings. The van der Waals surface area contributed by atoms with Crippen molar-refractivity contribution in [2.75, 3.05) is 0 Å². The van der Waals surface area contributed by atoms with Gasteiger partial charge in [0, 0.05) is 0 Å². The lowest BCUT2D eigenvalue weighted by atomic mass is 10.2. The molecule has 7 heteroatoms. The number of aromatic carboxylic acids is 1. The van der Waals surface area contributed by atoms with Crippen molar-refractivity contribution in [3.8, 4) is 0 Å². The number of benzene rings is 1. The Morgan fingerprint density at radius 1 is 1.38 bits per heavy atom. The molecule has 0 spiro atoms. The molecule has 132 valence electrons. The summed E-state index contributed by atoms with van der Waals surface area (Å²) in [5, 5.41) is 12.6. The van der Waals surface area contributed by atoms with Gasteiger partial charge in [-0.2, -0.15) is 0 Å². The molecule has 24 heavy (non-hydrogen) atoms. The van der Waals surface area contributed by atoms with Crippen LogP contribution >= 0.6 is 0 Å². The standard InChI is InChI=1S/C17H26N2O4Si/c1-11(23-24(5,6)17(2,3)4)10-19-15(20)13-8-7-12(16(21)22)9-14(13)18-19/h7-9,11,18H,10H2,1-6H3,(H,21,22). The van der Waals surface area contributed by atoms with E-state index in [2.05, 4.69) is 39.0 Å². The first-order valence-corrected chi connectivity index (χ1v) is 11.0. The summed E-state index contributed by atoms with van der Waals surface area (Å²) in [4.78, 5) is 23.5. The zero-order valence-electron chi connectivity index (χ0n) is 15.1. The predicted molar refractivity (Wildman–Crippen MR) is 97.3 cm³/mol. The smallest absolute Gasteiger partial charge is 0.335 e. The predicted octanol–water partition coefficient (Wildman–Crippen LogP) is 3.44. The Morgan fingerprint density at radius 2 is 2.00 bits per heavy atom. The Morgan fingerprint density at radius 3 is 2.54 bits per heavy atom.